The number of piperidine rings is 1. The van der Waals surface area contributed by atoms with Crippen molar-refractivity contribution < 1.29 is 22.6 Å². The summed E-state index contributed by atoms with van der Waals surface area (Å²) in [5, 5.41) is 9.98. The van der Waals surface area contributed by atoms with Gasteiger partial charge in [0.15, 0.2) is 0 Å². The van der Waals surface area contributed by atoms with Crippen molar-refractivity contribution in [2.45, 2.75) is 38.9 Å². The quantitative estimate of drug-likeness (QED) is 0.404. The SMILES string of the molecule is CCN1CCC(CCOc2ccc(-c3nc(C#N)nc4c3ccn4CCOC)cc2C(F)(F)F)CC1. The maximum Gasteiger partial charge on any atom is 0.419 e. The van der Waals surface area contributed by atoms with Crippen LogP contribution in [0.5, 0.6) is 5.75 Å². The normalized spacial score (nSPS) is 15.3. The van der Waals surface area contributed by atoms with Crippen LogP contribution in [0.3, 0.4) is 0 Å². The number of nitrogens with zero attached hydrogens (tertiary/aromatic N) is 5. The van der Waals surface area contributed by atoms with Crippen LogP contribution in [0.15, 0.2) is 30.5 Å². The van der Waals surface area contributed by atoms with Crippen molar-refractivity contribution >= 4 is 11.0 Å². The molecule has 0 aliphatic carbocycles. The van der Waals surface area contributed by atoms with E-state index in [-0.39, 0.29) is 29.4 Å². The van der Waals surface area contributed by atoms with Crippen LogP contribution in [0.25, 0.3) is 22.3 Å². The molecule has 4 rings (SSSR count). The largest absolute Gasteiger partial charge is 0.493 e. The monoisotopic (exact) mass is 501 g/mol. The van der Waals surface area contributed by atoms with Crippen molar-refractivity contribution in [3.05, 3.63) is 41.9 Å². The Morgan fingerprint density at radius 2 is 1.92 bits per heavy atom. The molecule has 36 heavy (non-hydrogen) atoms. The fourth-order valence-electron chi connectivity index (χ4n) is 4.66. The van der Waals surface area contributed by atoms with E-state index >= 15 is 0 Å². The lowest BCUT2D eigenvalue weighted by Gasteiger charge is -2.31. The number of halogens is 3. The first-order chi connectivity index (χ1) is 17.3. The van der Waals surface area contributed by atoms with Crippen LogP contribution >= 0.6 is 0 Å². The molecule has 10 heteroatoms. The van der Waals surface area contributed by atoms with Crippen LogP contribution in [0.2, 0.25) is 0 Å². The first-order valence-corrected chi connectivity index (χ1v) is 12.2. The molecule has 0 amide bonds. The zero-order valence-electron chi connectivity index (χ0n) is 20.5. The van der Waals surface area contributed by atoms with Crippen molar-refractivity contribution in [2.24, 2.45) is 5.92 Å². The Morgan fingerprint density at radius 3 is 2.58 bits per heavy atom. The van der Waals surface area contributed by atoms with Gasteiger partial charge in [0, 0.05) is 30.8 Å². The highest BCUT2D eigenvalue weighted by atomic mass is 19.4. The molecule has 1 saturated heterocycles. The Morgan fingerprint density at radius 1 is 1.14 bits per heavy atom. The lowest BCUT2D eigenvalue weighted by molar-refractivity contribution is -0.138. The molecule has 3 aromatic rings. The van der Waals surface area contributed by atoms with Crippen molar-refractivity contribution in [1.82, 2.24) is 19.4 Å². The molecule has 0 N–H and O–H groups in total. The average molecular weight is 502 g/mol. The van der Waals surface area contributed by atoms with Gasteiger partial charge in [-0.25, -0.2) is 9.97 Å². The highest BCUT2D eigenvalue weighted by Crippen LogP contribution is 2.40. The molecule has 0 unspecified atom stereocenters. The second kappa shape index (κ2) is 11.3. The number of hydrogen-bond acceptors (Lipinski definition) is 6. The number of benzene rings is 1. The van der Waals surface area contributed by atoms with Crippen molar-refractivity contribution in [1.29, 1.82) is 5.26 Å². The molecule has 0 saturated carbocycles. The van der Waals surface area contributed by atoms with Gasteiger partial charge < -0.3 is 18.9 Å². The van der Waals surface area contributed by atoms with E-state index in [9.17, 15) is 18.4 Å². The van der Waals surface area contributed by atoms with Gasteiger partial charge in [0.2, 0.25) is 5.82 Å². The maximum atomic E-state index is 14.0. The van der Waals surface area contributed by atoms with Gasteiger partial charge in [0.25, 0.3) is 0 Å². The van der Waals surface area contributed by atoms with Gasteiger partial charge in [-0.15, -0.1) is 0 Å². The molecule has 0 radical (unpaired) electrons. The van der Waals surface area contributed by atoms with Gasteiger partial charge in [-0.3, -0.25) is 0 Å². The van der Waals surface area contributed by atoms with Crippen LogP contribution in [0, 0.1) is 17.2 Å². The molecule has 1 aromatic carbocycles. The number of rotatable bonds is 9. The highest BCUT2D eigenvalue weighted by Gasteiger charge is 2.35. The van der Waals surface area contributed by atoms with E-state index in [2.05, 4.69) is 21.8 Å². The van der Waals surface area contributed by atoms with E-state index in [1.807, 2.05) is 6.07 Å². The minimum Gasteiger partial charge on any atom is -0.493 e. The number of ether oxygens (including phenoxy) is 2. The lowest BCUT2D eigenvalue weighted by atomic mass is 9.94. The summed E-state index contributed by atoms with van der Waals surface area (Å²) in [5.41, 5.74) is 0.129. The van der Waals surface area contributed by atoms with Crippen molar-refractivity contribution in [3.8, 4) is 23.1 Å². The summed E-state index contributed by atoms with van der Waals surface area (Å²) in [6.45, 7) is 6.35. The van der Waals surface area contributed by atoms with E-state index in [4.69, 9.17) is 9.47 Å². The summed E-state index contributed by atoms with van der Waals surface area (Å²) in [6.07, 6.45) is -0.0410. The molecule has 0 atom stereocenters. The molecule has 192 valence electrons. The third-order valence-electron chi connectivity index (χ3n) is 6.75. The maximum absolute atomic E-state index is 14.0. The average Bonchev–Trinajstić information content (AvgIpc) is 3.29. The fourth-order valence-corrected chi connectivity index (χ4v) is 4.66. The predicted molar refractivity (Wildman–Crippen MR) is 130 cm³/mol. The Bertz CT molecular complexity index is 1230. The Hall–Kier alpha value is -3.16. The number of alkyl halides is 3. The molecule has 1 aliphatic heterocycles. The van der Waals surface area contributed by atoms with Gasteiger partial charge in [0.1, 0.15) is 17.5 Å². The number of nitriles is 1. The minimum absolute atomic E-state index is 0.113. The number of likely N-dealkylation sites (tertiary alicyclic amines) is 1. The van der Waals surface area contributed by atoms with Crippen LogP contribution < -0.4 is 4.74 Å². The van der Waals surface area contributed by atoms with E-state index in [1.54, 1.807) is 30.0 Å². The van der Waals surface area contributed by atoms with Gasteiger partial charge in [-0.1, -0.05) is 6.92 Å². The minimum atomic E-state index is -4.60. The Balaban J connectivity index is 1.60. The molecule has 3 heterocycles. The molecule has 1 aliphatic rings. The van der Waals surface area contributed by atoms with Crippen LogP contribution in [0.1, 0.15) is 37.6 Å². The third kappa shape index (κ3) is 5.79. The van der Waals surface area contributed by atoms with E-state index in [1.165, 1.54) is 6.07 Å². The standard InChI is InChI=1S/C26H30F3N5O2/c1-3-33-10-6-18(7-11-33)9-14-36-22-5-4-19(16-21(22)26(27,28)29)24-20-8-12-34(13-15-35-2)25(20)32-23(17-30)31-24/h4-5,8,12,16,18H,3,6-7,9-11,13-15H2,1-2H3. The number of aromatic nitrogens is 3. The van der Waals surface area contributed by atoms with E-state index in [0.29, 0.717) is 30.1 Å². The van der Waals surface area contributed by atoms with Crippen LogP contribution in [-0.2, 0) is 17.5 Å². The molecule has 2 aromatic heterocycles. The Kier molecular flexibility index (Phi) is 8.11. The summed E-state index contributed by atoms with van der Waals surface area (Å²) >= 11 is 0. The molecule has 0 spiro atoms. The summed E-state index contributed by atoms with van der Waals surface area (Å²) in [6, 6.07) is 7.59. The molecule has 0 bridgehead atoms. The second-order valence-corrected chi connectivity index (χ2v) is 8.97. The first kappa shape index (κ1) is 25.9. The van der Waals surface area contributed by atoms with Crippen molar-refractivity contribution in [2.75, 3.05) is 40.0 Å². The molecule has 1 fully saturated rings. The summed E-state index contributed by atoms with van der Waals surface area (Å²) in [7, 11) is 1.57. The molecular formula is C26H30F3N5O2. The summed E-state index contributed by atoms with van der Waals surface area (Å²) < 4.78 is 54.6. The number of hydrogen-bond donors (Lipinski definition) is 0. The highest BCUT2D eigenvalue weighted by molar-refractivity contribution is 5.91. The summed E-state index contributed by atoms with van der Waals surface area (Å²) in [4.78, 5) is 10.9. The second-order valence-electron chi connectivity index (χ2n) is 8.97. The number of methoxy groups -OCH3 is 1. The van der Waals surface area contributed by atoms with Crippen LogP contribution in [0.4, 0.5) is 13.2 Å². The lowest BCUT2D eigenvalue weighted by Crippen LogP contribution is -2.33. The van der Waals surface area contributed by atoms with Crippen molar-refractivity contribution in [3.63, 3.8) is 0 Å². The molecular weight excluding hydrogens is 471 g/mol. The van der Waals surface area contributed by atoms with Gasteiger partial charge >= 0.3 is 6.18 Å². The van der Waals surface area contributed by atoms with Crippen LogP contribution in [-0.4, -0.2) is 59.4 Å². The first-order valence-electron chi connectivity index (χ1n) is 12.2. The fraction of sp³-hybridized carbons (Fsp3) is 0.500. The van der Waals surface area contributed by atoms with E-state index < -0.39 is 11.7 Å². The zero-order valence-corrected chi connectivity index (χ0v) is 20.5. The van der Waals surface area contributed by atoms with Gasteiger partial charge in [0.05, 0.1) is 24.5 Å². The Labute approximate surface area is 208 Å². The topological polar surface area (TPSA) is 76.2 Å². The number of fused-ring (bicyclic) bond motifs is 1. The third-order valence-corrected chi connectivity index (χ3v) is 6.75. The summed E-state index contributed by atoms with van der Waals surface area (Å²) in [5.74, 6) is 0.154. The predicted octanol–water partition coefficient (Wildman–Crippen LogP) is 5.14. The molecule has 7 nitrogen and oxygen atoms in total. The van der Waals surface area contributed by atoms with Gasteiger partial charge in [-0.05, 0) is 69.1 Å². The smallest absolute Gasteiger partial charge is 0.419 e. The van der Waals surface area contributed by atoms with E-state index in [0.717, 1.165) is 45.0 Å². The van der Waals surface area contributed by atoms with Gasteiger partial charge in [-0.2, -0.15) is 18.4 Å². The zero-order chi connectivity index (χ0) is 25.7.